The number of nitrogens with one attached hydrogen (secondary N) is 1. The van der Waals surface area contributed by atoms with Crippen molar-refractivity contribution in [2.24, 2.45) is 16.8 Å². The molecule has 4 nitrogen and oxygen atoms in total. The van der Waals surface area contributed by atoms with Gasteiger partial charge < -0.3 is 15.0 Å². The monoisotopic (exact) mass is 321 g/mol. The number of aliphatic imine (C=N–C) groups is 1. The predicted octanol–water partition coefficient (Wildman–Crippen LogP) is 3.42. The average Bonchev–Trinajstić information content (AvgIpc) is 3.25. The number of ether oxygens (including phenoxy) is 1. The Morgan fingerprint density at radius 3 is 2.43 bits per heavy atom. The Bertz CT molecular complexity index is 367. The van der Waals surface area contributed by atoms with Crippen LogP contribution < -0.4 is 5.32 Å². The molecule has 0 aromatic rings. The molecule has 2 saturated carbocycles. The van der Waals surface area contributed by atoms with E-state index in [1.165, 1.54) is 44.9 Å². The van der Waals surface area contributed by atoms with Crippen LogP contribution >= 0.6 is 0 Å². The van der Waals surface area contributed by atoms with Gasteiger partial charge in [-0.15, -0.1) is 0 Å². The minimum atomic E-state index is 0.473. The van der Waals surface area contributed by atoms with Gasteiger partial charge in [0.15, 0.2) is 5.96 Å². The molecule has 3 aliphatic rings. The molecular formula is C19H35N3O. The summed E-state index contributed by atoms with van der Waals surface area (Å²) in [4.78, 5) is 7.28. The summed E-state index contributed by atoms with van der Waals surface area (Å²) >= 11 is 0. The molecule has 0 unspecified atom stereocenters. The Hall–Kier alpha value is -0.770. The van der Waals surface area contributed by atoms with Crippen LogP contribution in [0.5, 0.6) is 0 Å². The third-order valence-corrected chi connectivity index (χ3v) is 5.61. The lowest BCUT2D eigenvalue weighted by molar-refractivity contribution is 0.00102. The van der Waals surface area contributed by atoms with Gasteiger partial charge in [-0.05, 0) is 50.9 Å². The molecule has 3 rings (SSSR count). The molecule has 1 saturated heterocycles. The van der Waals surface area contributed by atoms with E-state index in [4.69, 9.17) is 9.73 Å². The Kier molecular flexibility index (Phi) is 6.61. The minimum absolute atomic E-state index is 0.473. The molecular weight excluding hydrogens is 286 g/mol. The van der Waals surface area contributed by atoms with Gasteiger partial charge in [-0.1, -0.05) is 25.7 Å². The second-order valence-corrected chi connectivity index (χ2v) is 7.64. The predicted molar refractivity (Wildman–Crippen MR) is 95.8 cm³/mol. The van der Waals surface area contributed by atoms with Crippen LogP contribution in [0.2, 0.25) is 0 Å². The molecule has 0 radical (unpaired) electrons. The van der Waals surface area contributed by atoms with E-state index in [-0.39, 0.29) is 0 Å². The quantitative estimate of drug-likeness (QED) is 0.576. The summed E-state index contributed by atoms with van der Waals surface area (Å²) in [6.07, 6.45) is 12.5. The van der Waals surface area contributed by atoms with Crippen molar-refractivity contribution >= 4 is 5.96 Å². The van der Waals surface area contributed by atoms with Gasteiger partial charge in [0.1, 0.15) is 0 Å². The Morgan fingerprint density at radius 2 is 1.78 bits per heavy atom. The van der Waals surface area contributed by atoms with Crippen LogP contribution in [0, 0.1) is 11.8 Å². The second kappa shape index (κ2) is 8.91. The highest BCUT2D eigenvalue weighted by Gasteiger charge is 2.24. The van der Waals surface area contributed by atoms with Gasteiger partial charge in [0.2, 0.25) is 0 Å². The van der Waals surface area contributed by atoms with Gasteiger partial charge in [0.25, 0.3) is 0 Å². The van der Waals surface area contributed by atoms with E-state index in [1.807, 2.05) is 0 Å². The molecule has 1 aliphatic heterocycles. The summed E-state index contributed by atoms with van der Waals surface area (Å²) < 4.78 is 6.19. The minimum Gasteiger partial charge on any atom is -0.378 e. The number of guanidine groups is 1. The first-order valence-electron chi connectivity index (χ1n) is 10.00. The van der Waals surface area contributed by atoms with Crippen molar-refractivity contribution in [3.63, 3.8) is 0 Å². The number of piperidine rings is 1. The Morgan fingerprint density at radius 1 is 1.04 bits per heavy atom. The summed E-state index contributed by atoms with van der Waals surface area (Å²) in [6, 6.07) is 0. The van der Waals surface area contributed by atoms with E-state index < -0.39 is 0 Å². The van der Waals surface area contributed by atoms with Gasteiger partial charge in [0, 0.05) is 32.8 Å². The molecule has 3 fully saturated rings. The van der Waals surface area contributed by atoms with Crippen molar-refractivity contribution in [3.8, 4) is 0 Å². The Balaban J connectivity index is 1.38. The molecule has 4 heteroatoms. The zero-order valence-corrected chi connectivity index (χ0v) is 14.9. The van der Waals surface area contributed by atoms with E-state index in [1.54, 1.807) is 0 Å². The summed E-state index contributed by atoms with van der Waals surface area (Å²) in [5.74, 6) is 2.94. The van der Waals surface area contributed by atoms with Crippen LogP contribution in [0.15, 0.2) is 4.99 Å². The van der Waals surface area contributed by atoms with Crippen LogP contribution in [0.1, 0.15) is 64.7 Å². The molecule has 0 spiro atoms. The van der Waals surface area contributed by atoms with Gasteiger partial charge in [-0.3, -0.25) is 4.99 Å². The van der Waals surface area contributed by atoms with Crippen LogP contribution in [0.3, 0.4) is 0 Å². The average molecular weight is 322 g/mol. The van der Waals surface area contributed by atoms with Crippen molar-refractivity contribution in [2.75, 3.05) is 32.8 Å². The maximum Gasteiger partial charge on any atom is 0.193 e. The molecule has 1 N–H and O–H groups in total. The number of nitrogens with zero attached hydrogens (tertiary/aromatic N) is 2. The standard InChI is InChI=1S/C19H35N3O/c1-2-20-19(21-12-9-16-7-8-16)22-13-10-18(11-14-22)23-15-17-5-3-4-6-17/h16-18H,2-15H2,1H3,(H,20,21). The third-order valence-electron chi connectivity index (χ3n) is 5.61. The molecule has 0 amide bonds. The van der Waals surface area contributed by atoms with Crippen molar-refractivity contribution < 1.29 is 4.74 Å². The van der Waals surface area contributed by atoms with Gasteiger partial charge in [0.05, 0.1) is 6.10 Å². The lowest BCUT2D eigenvalue weighted by atomic mass is 10.1. The summed E-state index contributed by atoms with van der Waals surface area (Å²) in [6.45, 7) is 7.29. The van der Waals surface area contributed by atoms with E-state index in [0.717, 1.165) is 63.4 Å². The third kappa shape index (κ3) is 5.66. The molecule has 0 aromatic carbocycles. The number of hydrogen-bond acceptors (Lipinski definition) is 2. The first-order chi connectivity index (χ1) is 11.3. The SMILES string of the molecule is CCNC(=NCCC1CC1)N1CCC(OCC2CCCC2)CC1. The first-order valence-corrected chi connectivity index (χ1v) is 10.00. The molecule has 0 aromatic heterocycles. The lowest BCUT2D eigenvalue weighted by Crippen LogP contribution is -2.47. The lowest BCUT2D eigenvalue weighted by Gasteiger charge is -2.34. The highest BCUT2D eigenvalue weighted by molar-refractivity contribution is 5.80. The smallest absolute Gasteiger partial charge is 0.193 e. The number of rotatable bonds is 7. The zero-order valence-electron chi connectivity index (χ0n) is 14.9. The fourth-order valence-corrected chi connectivity index (χ4v) is 3.87. The maximum atomic E-state index is 6.19. The fraction of sp³-hybridized carbons (Fsp3) is 0.947. The van der Waals surface area contributed by atoms with Crippen LogP contribution in [-0.4, -0.2) is 49.7 Å². The maximum absolute atomic E-state index is 6.19. The first kappa shape index (κ1) is 17.1. The van der Waals surface area contributed by atoms with Gasteiger partial charge >= 0.3 is 0 Å². The van der Waals surface area contributed by atoms with Crippen molar-refractivity contribution in [1.29, 1.82) is 0 Å². The van der Waals surface area contributed by atoms with Crippen LogP contribution in [-0.2, 0) is 4.74 Å². The van der Waals surface area contributed by atoms with Crippen molar-refractivity contribution in [2.45, 2.75) is 70.8 Å². The summed E-state index contributed by atoms with van der Waals surface area (Å²) in [7, 11) is 0. The molecule has 0 bridgehead atoms. The van der Waals surface area contributed by atoms with Crippen LogP contribution in [0.4, 0.5) is 0 Å². The van der Waals surface area contributed by atoms with E-state index in [9.17, 15) is 0 Å². The van der Waals surface area contributed by atoms with Crippen molar-refractivity contribution in [3.05, 3.63) is 0 Å². The fourth-order valence-electron chi connectivity index (χ4n) is 3.87. The molecule has 2 aliphatic carbocycles. The van der Waals surface area contributed by atoms with E-state index in [2.05, 4.69) is 17.1 Å². The number of likely N-dealkylation sites (tertiary alicyclic amines) is 1. The largest absolute Gasteiger partial charge is 0.378 e. The normalized spacial score (nSPS) is 24.4. The molecule has 23 heavy (non-hydrogen) atoms. The van der Waals surface area contributed by atoms with E-state index in [0.29, 0.717) is 6.10 Å². The second-order valence-electron chi connectivity index (χ2n) is 7.64. The topological polar surface area (TPSA) is 36.9 Å². The van der Waals surface area contributed by atoms with Gasteiger partial charge in [-0.25, -0.2) is 0 Å². The number of hydrogen-bond donors (Lipinski definition) is 1. The van der Waals surface area contributed by atoms with Crippen molar-refractivity contribution in [1.82, 2.24) is 10.2 Å². The summed E-state index contributed by atoms with van der Waals surface area (Å²) in [5, 5.41) is 3.47. The van der Waals surface area contributed by atoms with Crippen LogP contribution in [0.25, 0.3) is 0 Å². The highest BCUT2D eigenvalue weighted by Crippen LogP contribution is 2.32. The molecule has 1 heterocycles. The van der Waals surface area contributed by atoms with E-state index >= 15 is 0 Å². The zero-order chi connectivity index (χ0) is 15.9. The molecule has 132 valence electrons. The summed E-state index contributed by atoms with van der Waals surface area (Å²) in [5.41, 5.74) is 0. The van der Waals surface area contributed by atoms with Gasteiger partial charge in [-0.2, -0.15) is 0 Å². The Labute approximate surface area is 142 Å². The highest BCUT2D eigenvalue weighted by atomic mass is 16.5. The molecule has 0 atom stereocenters.